The number of carbonyl (C=O) groups excluding carboxylic acids is 1. The van der Waals surface area contributed by atoms with Crippen molar-refractivity contribution in [1.82, 2.24) is 0 Å². The standard InChI is InChI=1S/C14H20N2O2/c1-14(2,18-3)9-12(17)16-8-7-10-5-4-6-11(15)13(10)16/h4-6H,7-9,15H2,1-3H3. The highest BCUT2D eigenvalue weighted by Gasteiger charge is 2.30. The Labute approximate surface area is 108 Å². The Morgan fingerprint density at radius 1 is 1.50 bits per heavy atom. The van der Waals surface area contributed by atoms with E-state index in [1.807, 2.05) is 32.0 Å². The number of ether oxygens (including phenoxy) is 1. The smallest absolute Gasteiger partial charge is 0.229 e. The molecule has 0 saturated carbocycles. The van der Waals surface area contributed by atoms with Gasteiger partial charge in [-0.3, -0.25) is 4.79 Å². The first-order valence-electron chi connectivity index (χ1n) is 6.17. The lowest BCUT2D eigenvalue weighted by Gasteiger charge is -2.26. The molecule has 1 aromatic rings. The number of nitrogen functional groups attached to an aromatic ring is 1. The van der Waals surface area contributed by atoms with Crippen molar-refractivity contribution in [1.29, 1.82) is 0 Å². The lowest BCUT2D eigenvalue weighted by molar-refractivity contribution is -0.123. The number of hydrogen-bond acceptors (Lipinski definition) is 3. The second-order valence-electron chi connectivity index (χ2n) is 5.29. The summed E-state index contributed by atoms with van der Waals surface area (Å²) in [6.45, 7) is 4.54. The SMILES string of the molecule is COC(C)(C)CC(=O)N1CCc2cccc(N)c21. The Kier molecular flexibility index (Phi) is 3.30. The average molecular weight is 248 g/mol. The fraction of sp³-hybridized carbons (Fsp3) is 0.500. The van der Waals surface area contributed by atoms with Gasteiger partial charge in [-0.25, -0.2) is 0 Å². The second-order valence-corrected chi connectivity index (χ2v) is 5.29. The van der Waals surface area contributed by atoms with E-state index in [1.54, 1.807) is 12.0 Å². The largest absolute Gasteiger partial charge is 0.397 e. The minimum Gasteiger partial charge on any atom is -0.397 e. The summed E-state index contributed by atoms with van der Waals surface area (Å²) in [6, 6.07) is 5.80. The highest BCUT2D eigenvalue weighted by Crippen LogP contribution is 2.34. The van der Waals surface area contributed by atoms with E-state index >= 15 is 0 Å². The van der Waals surface area contributed by atoms with E-state index in [9.17, 15) is 4.79 Å². The van der Waals surface area contributed by atoms with Crippen LogP contribution >= 0.6 is 0 Å². The predicted octanol–water partition coefficient (Wildman–Crippen LogP) is 1.97. The number of nitrogens with zero attached hydrogens (tertiary/aromatic N) is 1. The minimum absolute atomic E-state index is 0.0681. The molecule has 1 aliphatic heterocycles. The van der Waals surface area contributed by atoms with Gasteiger partial charge >= 0.3 is 0 Å². The maximum atomic E-state index is 12.3. The van der Waals surface area contributed by atoms with Crippen molar-refractivity contribution in [2.75, 3.05) is 24.3 Å². The Morgan fingerprint density at radius 3 is 2.89 bits per heavy atom. The summed E-state index contributed by atoms with van der Waals surface area (Å²) in [7, 11) is 1.62. The van der Waals surface area contributed by atoms with Gasteiger partial charge in [0.2, 0.25) is 5.91 Å². The van der Waals surface area contributed by atoms with E-state index in [0.717, 1.165) is 17.7 Å². The molecule has 1 aliphatic rings. The van der Waals surface area contributed by atoms with E-state index in [2.05, 4.69) is 0 Å². The Balaban J connectivity index is 2.21. The lowest BCUT2D eigenvalue weighted by atomic mass is 10.0. The molecule has 0 saturated heterocycles. The predicted molar refractivity (Wildman–Crippen MR) is 72.6 cm³/mol. The van der Waals surface area contributed by atoms with Gasteiger partial charge in [0.05, 0.1) is 23.4 Å². The first-order valence-corrected chi connectivity index (χ1v) is 6.17. The van der Waals surface area contributed by atoms with E-state index in [4.69, 9.17) is 10.5 Å². The van der Waals surface area contributed by atoms with Crippen molar-refractivity contribution in [3.63, 3.8) is 0 Å². The van der Waals surface area contributed by atoms with E-state index < -0.39 is 5.60 Å². The van der Waals surface area contributed by atoms with Crippen molar-refractivity contribution in [3.05, 3.63) is 23.8 Å². The van der Waals surface area contributed by atoms with Crippen LogP contribution in [0.15, 0.2) is 18.2 Å². The van der Waals surface area contributed by atoms with Crippen LogP contribution in [0.5, 0.6) is 0 Å². The summed E-state index contributed by atoms with van der Waals surface area (Å²) in [5, 5.41) is 0. The first kappa shape index (κ1) is 12.9. The molecule has 0 atom stereocenters. The summed E-state index contributed by atoms with van der Waals surface area (Å²) < 4.78 is 5.31. The summed E-state index contributed by atoms with van der Waals surface area (Å²) in [4.78, 5) is 14.1. The fourth-order valence-electron chi connectivity index (χ4n) is 2.27. The zero-order valence-corrected chi connectivity index (χ0v) is 11.2. The molecule has 0 aromatic heterocycles. The molecule has 0 unspecified atom stereocenters. The van der Waals surface area contributed by atoms with Crippen molar-refractivity contribution in [2.24, 2.45) is 0 Å². The van der Waals surface area contributed by atoms with Gasteiger partial charge in [-0.1, -0.05) is 12.1 Å². The van der Waals surface area contributed by atoms with Crippen LogP contribution in [0.2, 0.25) is 0 Å². The summed E-state index contributed by atoms with van der Waals surface area (Å²) in [5.41, 5.74) is 8.24. The van der Waals surface area contributed by atoms with Crippen LogP contribution in [0, 0.1) is 0 Å². The molecule has 0 bridgehead atoms. The monoisotopic (exact) mass is 248 g/mol. The van der Waals surface area contributed by atoms with Crippen LogP contribution in [0.1, 0.15) is 25.8 Å². The van der Waals surface area contributed by atoms with Crippen molar-refractivity contribution >= 4 is 17.3 Å². The van der Waals surface area contributed by atoms with Gasteiger partial charge in [-0.05, 0) is 31.9 Å². The van der Waals surface area contributed by atoms with E-state index in [-0.39, 0.29) is 5.91 Å². The molecule has 1 heterocycles. The number of rotatable bonds is 3. The lowest BCUT2D eigenvalue weighted by Crippen LogP contribution is -2.36. The van der Waals surface area contributed by atoms with Crippen molar-refractivity contribution in [2.45, 2.75) is 32.3 Å². The fourth-order valence-corrected chi connectivity index (χ4v) is 2.27. The third-order valence-electron chi connectivity index (χ3n) is 3.46. The summed E-state index contributed by atoms with van der Waals surface area (Å²) in [6.07, 6.45) is 1.23. The maximum Gasteiger partial charge on any atom is 0.229 e. The number of carbonyl (C=O) groups is 1. The molecular weight excluding hydrogens is 228 g/mol. The third-order valence-corrected chi connectivity index (χ3v) is 3.46. The molecule has 2 rings (SSSR count). The topological polar surface area (TPSA) is 55.6 Å². The molecular formula is C14H20N2O2. The number of para-hydroxylation sites is 1. The molecule has 4 nitrogen and oxygen atoms in total. The Morgan fingerprint density at radius 2 is 2.22 bits per heavy atom. The number of methoxy groups -OCH3 is 1. The normalized spacial score (nSPS) is 14.7. The Bertz CT molecular complexity index is 469. The van der Waals surface area contributed by atoms with Crippen LogP contribution < -0.4 is 10.6 Å². The van der Waals surface area contributed by atoms with Crippen LogP contribution in [-0.2, 0) is 16.0 Å². The number of amides is 1. The highest BCUT2D eigenvalue weighted by atomic mass is 16.5. The molecule has 4 heteroatoms. The highest BCUT2D eigenvalue weighted by molar-refractivity contribution is 5.99. The van der Waals surface area contributed by atoms with Crippen LogP contribution in [0.25, 0.3) is 0 Å². The number of anilines is 2. The zero-order valence-electron chi connectivity index (χ0n) is 11.2. The van der Waals surface area contributed by atoms with Gasteiger partial charge < -0.3 is 15.4 Å². The third kappa shape index (κ3) is 2.34. The average Bonchev–Trinajstić information content (AvgIpc) is 2.74. The molecule has 98 valence electrons. The van der Waals surface area contributed by atoms with Crippen LogP contribution in [0.4, 0.5) is 11.4 Å². The van der Waals surface area contributed by atoms with Gasteiger partial charge in [-0.15, -0.1) is 0 Å². The zero-order chi connectivity index (χ0) is 13.3. The number of benzene rings is 1. The van der Waals surface area contributed by atoms with Gasteiger partial charge in [0, 0.05) is 13.7 Å². The van der Waals surface area contributed by atoms with Crippen molar-refractivity contribution in [3.8, 4) is 0 Å². The minimum atomic E-state index is -0.441. The number of nitrogens with two attached hydrogens (primary N) is 1. The van der Waals surface area contributed by atoms with Crippen LogP contribution in [0.3, 0.4) is 0 Å². The summed E-state index contributed by atoms with van der Waals surface area (Å²) in [5.74, 6) is 0.0681. The van der Waals surface area contributed by atoms with Gasteiger partial charge in [0.25, 0.3) is 0 Å². The van der Waals surface area contributed by atoms with Gasteiger partial charge in [-0.2, -0.15) is 0 Å². The molecule has 2 N–H and O–H groups in total. The number of hydrogen-bond donors (Lipinski definition) is 1. The van der Waals surface area contributed by atoms with Gasteiger partial charge in [0.15, 0.2) is 0 Å². The number of fused-ring (bicyclic) bond motifs is 1. The second kappa shape index (κ2) is 4.61. The molecule has 0 spiro atoms. The Hall–Kier alpha value is -1.55. The molecule has 0 fully saturated rings. The van der Waals surface area contributed by atoms with E-state index in [0.29, 0.717) is 18.7 Å². The van der Waals surface area contributed by atoms with E-state index in [1.165, 1.54) is 0 Å². The molecule has 1 aromatic carbocycles. The molecule has 1 amide bonds. The maximum absolute atomic E-state index is 12.3. The first-order chi connectivity index (χ1) is 8.44. The van der Waals surface area contributed by atoms with Crippen molar-refractivity contribution < 1.29 is 9.53 Å². The molecule has 0 radical (unpaired) electrons. The molecule has 18 heavy (non-hydrogen) atoms. The molecule has 0 aliphatic carbocycles. The summed E-state index contributed by atoms with van der Waals surface area (Å²) >= 11 is 0. The van der Waals surface area contributed by atoms with Crippen LogP contribution in [-0.4, -0.2) is 25.2 Å². The van der Waals surface area contributed by atoms with Gasteiger partial charge in [0.1, 0.15) is 0 Å². The quantitative estimate of drug-likeness (QED) is 0.832.